The summed E-state index contributed by atoms with van der Waals surface area (Å²) in [5, 5.41) is 19.0. The number of unbranched alkanes of at least 4 members (excludes halogenated alkanes) is 1. The maximum absolute atomic E-state index is 9.80. The van der Waals surface area contributed by atoms with Gasteiger partial charge in [-0.3, -0.25) is 4.79 Å². The van der Waals surface area contributed by atoms with E-state index in [2.05, 4.69) is 23.9 Å². The van der Waals surface area contributed by atoms with Crippen molar-refractivity contribution >= 4 is 12.4 Å². The summed E-state index contributed by atoms with van der Waals surface area (Å²) in [6, 6.07) is 0. The minimum absolute atomic E-state index is 0.0926. The minimum Gasteiger partial charge on any atom is -0.479 e. The van der Waals surface area contributed by atoms with Crippen LogP contribution >= 0.6 is 0 Å². The van der Waals surface area contributed by atoms with Crippen LogP contribution in [0.2, 0.25) is 0 Å². The lowest BCUT2D eigenvalue weighted by Gasteiger charge is -2.14. The summed E-state index contributed by atoms with van der Waals surface area (Å²) in [6.07, 6.45) is 1.36. The van der Waals surface area contributed by atoms with Crippen LogP contribution in [0.15, 0.2) is 0 Å². The molecule has 0 aliphatic rings. The molecule has 0 bridgehead atoms. The van der Waals surface area contributed by atoms with E-state index in [0.717, 1.165) is 0 Å². The first-order valence-corrected chi connectivity index (χ1v) is 6.33. The first kappa shape index (κ1) is 23.0. The molecule has 3 N–H and O–H groups in total. The first-order chi connectivity index (χ1) is 8.66. The van der Waals surface area contributed by atoms with Gasteiger partial charge < -0.3 is 20.3 Å². The molecule has 0 heterocycles. The van der Waals surface area contributed by atoms with Crippen molar-refractivity contribution in [2.75, 3.05) is 13.6 Å². The number of carbonyl (C=O) groups is 2. The summed E-state index contributed by atoms with van der Waals surface area (Å²) < 4.78 is 4.55. The zero-order valence-electron chi connectivity index (χ0n) is 12.9. The van der Waals surface area contributed by atoms with Crippen LogP contribution in [0.1, 0.15) is 47.5 Å². The van der Waals surface area contributed by atoms with Crippen molar-refractivity contribution in [3.63, 3.8) is 0 Å². The molecule has 0 radical (unpaired) electrons. The molecule has 0 spiro atoms. The van der Waals surface area contributed by atoms with E-state index < -0.39 is 12.1 Å². The Balaban J connectivity index is -0.000000214. The zero-order valence-corrected chi connectivity index (χ0v) is 12.9. The smallest absolute Gasteiger partial charge is 0.333 e. The summed E-state index contributed by atoms with van der Waals surface area (Å²) in [5.74, 6) is -1.20. The van der Waals surface area contributed by atoms with E-state index in [-0.39, 0.29) is 12.1 Å². The van der Waals surface area contributed by atoms with E-state index in [1.807, 2.05) is 20.8 Å². The molecule has 0 saturated heterocycles. The predicted molar refractivity (Wildman–Crippen MR) is 75.1 cm³/mol. The highest BCUT2D eigenvalue weighted by Crippen LogP contribution is 2.02. The normalized spacial score (nSPS) is 11.1. The highest BCUT2D eigenvalue weighted by atomic mass is 16.5. The standard InChI is InChI=1S/C5H10O2.C4H9NO3.C4H10/c1-5(2,3)7-4-6;1-5-2-3(6)4(7)8;1-3-4-2/h4H,1-3H3;3,5-6H,2H2,1H3,(H,7,8);3-4H2,1-2H3. The van der Waals surface area contributed by atoms with E-state index in [0.29, 0.717) is 6.47 Å². The van der Waals surface area contributed by atoms with Crippen molar-refractivity contribution in [2.45, 2.75) is 59.2 Å². The van der Waals surface area contributed by atoms with E-state index in [1.54, 1.807) is 7.05 Å². The molecule has 0 aliphatic carbocycles. The number of aliphatic carboxylic acids is 1. The second-order valence-electron chi connectivity index (χ2n) is 4.74. The molecule has 1 atom stereocenters. The number of ether oxygens (including phenoxy) is 1. The van der Waals surface area contributed by atoms with Gasteiger partial charge in [-0.25, -0.2) is 4.79 Å². The largest absolute Gasteiger partial charge is 0.479 e. The van der Waals surface area contributed by atoms with E-state index in [1.165, 1.54) is 12.8 Å². The molecule has 0 aromatic heterocycles. The Hall–Kier alpha value is -1.14. The molecule has 1 unspecified atom stereocenters. The quantitative estimate of drug-likeness (QED) is 0.659. The second-order valence-corrected chi connectivity index (χ2v) is 4.74. The Kier molecular flexibility index (Phi) is 18.1. The highest BCUT2D eigenvalue weighted by Gasteiger charge is 2.09. The van der Waals surface area contributed by atoms with Gasteiger partial charge >= 0.3 is 5.97 Å². The predicted octanol–water partition coefficient (Wildman–Crippen LogP) is 1.42. The number of aliphatic hydroxyl groups is 1. The van der Waals surface area contributed by atoms with E-state index in [9.17, 15) is 9.59 Å². The fraction of sp³-hybridized carbons (Fsp3) is 0.846. The molecule has 19 heavy (non-hydrogen) atoms. The summed E-state index contributed by atoms with van der Waals surface area (Å²) in [6.45, 7) is 10.4. The second kappa shape index (κ2) is 14.9. The molecule has 0 aliphatic heterocycles. The topological polar surface area (TPSA) is 95.9 Å². The van der Waals surface area contributed by atoms with Crippen LogP contribution in [0.3, 0.4) is 0 Å². The maximum Gasteiger partial charge on any atom is 0.333 e. The van der Waals surface area contributed by atoms with Gasteiger partial charge in [0, 0.05) is 6.54 Å². The van der Waals surface area contributed by atoms with Crippen LogP contribution in [0.25, 0.3) is 0 Å². The molecule has 0 fully saturated rings. The fourth-order valence-electron chi connectivity index (χ4n) is 0.425. The number of nitrogens with one attached hydrogen (secondary N) is 1. The van der Waals surface area contributed by atoms with Gasteiger partial charge in [-0.15, -0.1) is 0 Å². The van der Waals surface area contributed by atoms with Gasteiger partial charge in [-0.2, -0.15) is 0 Å². The van der Waals surface area contributed by atoms with Crippen molar-refractivity contribution in [2.24, 2.45) is 0 Å². The Labute approximate surface area is 116 Å². The molecule has 0 amide bonds. The highest BCUT2D eigenvalue weighted by molar-refractivity contribution is 5.72. The monoisotopic (exact) mass is 279 g/mol. The molecule has 6 nitrogen and oxygen atoms in total. The molecule has 0 aromatic rings. The van der Waals surface area contributed by atoms with Gasteiger partial charge in [0.05, 0.1) is 0 Å². The number of carboxylic acids is 1. The van der Waals surface area contributed by atoms with Crippen molar-refractivity contribution < 1.29 is 24.5 Å². The van der Waals surface area contributed by atoms with E-state index in [4.69, 9.17) is 10.2 Å². The molecular formula is C13H29NO5. The Bertz CT molecular complexity index is 212. The van der Waals surface area contributed by atoms with Crippen molar-refractivity contribution in [3.8, 4) is 0 Å². The molecule has 0 aromatic carbocycles. The third-order valence-electron chi connectivity index (χ3n) is 1.58. The third-order valence-corrected chi connectivity index (χ3v) is 1.58. The molecule has 0 saturated carbocycles. The Morgan fingerprint density at radius 2 is 1.74 bits per heavy atom. The van der Waals surface area contributed by atoms with Crippen LogP contribution < -0.4 is 5.32 Å². The van der Waals surface area contributed by atoms with Crippen LogP contribution in [-0.4, -0.2) is 48.0 Å². The van der Waals surface area contributed by atoms with Crippen LogP contribution in [0.4, 0.5) is 0 Å². The summed E-state index contributed by atoms with van der Waals surface area (Å²) in [7, 11) is 1.58. The van der Waals surface area contributed by atoms with E-state index >= 15 is 0 Å². The molecule has 0 rings (SSSR count). The Morgan fingerprint density at radius 1 is 1.32 bits per heavy atom. The summed E-state index contributed by atoms with van der Waals surface area (Å²) in [4.78, 5) is 19.4. The lowest BCUT2D eigenvalue weighted by Crippen LogP contribution is -2.30. The number of likely N-dealkylation sites (N-methyl/N-ethyl adjacent to an activating group) is 1. The minimum atomic E-state index is -1.28. The SMILES string of the molecule is CC(C)(C)OC=O.CCCC.CNCC(O)C(=O)O. The van der Waals surface area contributed by atoms with Crippen LogP contribution in [0, 0.1) is 0 Å². The molecular weight excluding hydrogens is 250 g/mol. The summed E-state index contributed by atoms with van der Waals surface area (Å²) in [5.41, 5.74) is -0.318. The van der Waals surface area contributed by atoms with Crippen LogP contribution in [0.5, 0.6) is 0 Å². The Morgan fingerprint density at radius 3 is 1.79 bits per heavy atom. The van der Waals surface area contributed by atoms with Gasteiger partial charge in [-0.05, 0) is 27.8 Å². The van der Waals surface area contributed by atoms with Crippen molar-refractivity contribution in [1.29, 1.82) is 0 Å². The number of rotatable bonds is 5. The lowest BCUT2D eigenvalue weighted by atomic mass is 10.2. The number of aliphatic hydroxyl groups excluding tert-OH is 1. The fourth-order valence-corrected chi connectivity index (χ4v) is 0.425. The van der Waals surface area contributed by atoms with Gasteiger partial charge in [0.2, 0.25) is 0 Å². The third kappa shape index (κ3) is 31.6. The zero-order chi connectivity index (χ0) is 15.9. The first-order valence-electron chi connectivity index (χ1n) is 6.33. The molecule has 6 heteroatoms. The van der Waals surface area contributed by atoms with Crippen molar-refractivity contribution in [1.82, 2.24) is 5.32 Å². The number of carbonyl (C=O) groups excluding carboxylic acids is 1. The van der Waals surface area contributed by atoms with Gasteiger partial charge in [0.15, 0.2) is 6.10 Å². The van der Waals surface area contributed by atoms with Gasteiger partial charge in [0.1, 0.15) is 5.60 Å². The van der Waals surface area contributed by atoms with Crippen molar-refractivity contribution in [3.05, 3.63) is 0 Å². The maximum atomic E-state index is 9.80. The number of hydrogen-bond acceptors (Lipinski definition) is 5. The van der Waals surface area contributed by atoms with Crippen LogP contribution in [-0.2, 0) is 14.3 Å². The number of carboxylic acid groups (broad SMARTS) is 1. The van der Waals surface area contributed by atoms with Gasteiger partial charge in [0.25, 0.3) is 6.47 Å². The summed E-state index contributed by atoms with van der Waals surface area (Å²) >= 11 is 0. The van der Waals surface area contributed by atoms with Gasteiger partial charge in [-0.1, -0.05) is 26.7 Å². The number of hydrogen-bond donors (Lipinski definition) is 3. The average Bonchev–Trinajstić information content (AvgIpc) is 2.29. The average molecular weight is 279 g/mol. The molecule has 116 valence electrons. The lowest BCUT2D eigenvalue weighted by molar-refractivity contribution is -0.146.